The number of rotatable bonds is 0. The highest BCUT2D eigenvalue weighted by atomic mass is 35.5. The van der Waals surface area contributed by atoms with E-state index in [2.05, 4.69) is 4.98 Å². The largest absolute Gasteiger partial charge is 0.313 e. The van der Waals surface area contributed by atoms with Crippen molar-refractivity contribution in [3.63, 3.8) is 0 Å². The zero-order chi connectivity index (χ0) is 9.30. The van der Waals surface area contributed by atoms with Crippen LogP contribution in [0.25, 0.3) is 0 Å². The first-order chi connectivity index (χ1) is 5.52. The smallest absolute Gasteiger partial charge is 0.250 e. The summed E-state index contributed by atoms with van der Waals surface area (Å²) in [6.07, 6.45) is 0. The Kier molecular flexibility index (Phi) is 2.55. The summed E-state index contributed by atoms with van der Waals surface area (Å²) >= 11 is 11.0. The lowest BCUT2D eigenvalue weighted by atomic mass is 10.3. The minimum atomic E-state index is -0.491. The van der Waals surface area contributed by atoms with Crippen molar-refractivity contribution < 1.29 is 0 Å². The predicted molar refractivity (Wildman–Crippen MR) is 48.1 cm³/mol. The number of halogens is 2. The zero-order valence-corrected chi connectivity index (χ0v) is 7.66. The first kappa shape index (κ1) is 9.29. The Morgan fingerprint density at radius 1 is 1.33 bits per heavy atom. The second-order valence-electron chi connectivity index (χ2n) is 2.25. The fourth-order valence-electron chi connectivity index (χ4n) is 0.697. The van der Waals surface area contributed by atoms with E-state index in [4.69, 9.17) is 23.2 Å². The van der Waals surface area contributed by atoms with Gasteiger partial charge in [0.2, 0.25) is 5.43 Å². The van der Waals surface area contributed by atoms with Crippen LogP contribution in [0.15, 0.2) is 15.7 Å². The number of nitrogens with one attached hydrogen (secondary N) is 1. The number of H-pyrrole nitrogens is 1. The van der Waals surface area contributed by atoms with E-state index in [1.54, 1.807) is 0 Å². The number of aromatic amines is 1. The molecule has 5 heteroatoms. The molecule has 1 N–H and O–H groups in total. The normalized spacial score (nSPS) is 9.92. The molecule has 0 aliphatic heterocycles. The average molecular weight is 206 g/mol. The monoisotopic (exact) mass is 205 g/mol. The van der Waals surface area contributed by atoms with Crippen LogP contribution in [0.4, 0.5) is 0 Å². The first-order valence-electron chi connectivity index (χ1n) is 3.11. The lowest BCUT2D eigenvalue weighted by Crippen LogP contribution is -2.01. The molecule has 0 fully saturated rings. The van der Waals surface area contributed by atoms with Gasteiger partial charge in [0.15, 0.2) is 0 Å². The summed E-state index contributed by atoms with van der Waals surface area (Å²) in [4.78, 5) is 24.3. The second kappa shape index (κ2) is 3.29. The summed E-state index contributed by atoms with van der Waals surface area (Å²) in [5, 5.41) is -0.0995. The molecule has 0 amide bonds. The minimum Gasteiger partial charge on any atom is -0.313 e. The van der Waals surface area contributed by atoms with Gasteiger partial charge in [0.05, 0.1) is 5.02 Å². The van der Waals surface area contributed by atoms with Crippen molar-refractivity contribution in [2.75, 3.05) is 0 Å². The van der Waals surface area contributed by atoms with Crippen LogP contribution in [0.3, 0.4) is 0 Å². The molecule has 0 saturated heterocycles. The molecule has 0 aromatic carbocycles. The van der Waals surface area contributed by atoms with Crippen LogP contribution in [0.1, 0.15) is 5.56 Å². The van der Waals surface area contributed by atoms with Gasteiger partial charge in [-0.05, 0) is 6.92 Å². The number of hydrogen-bond donors (Lipinski definition) is 1. The van der Waals surface area contributed by atoms with E-state index in [1.807, 2.05) is 0 Å². The average Bonchev–Trinajstić information content (AvgIpc) is 2.05. The summed E-state index contributed by atoms with van der Waals surface area (Å²) in [5.74, 6) is 0. The maximum atomic E-state index is 11.2. The Morgan fingerprint density at radius 3 is 2.50 bits per heavy atom. The molecule has 12 heavy (non-hydrogen) atoms. The van der Waals surface area contributed by atoms with Crippen molar-refractivity contribution in [1.82, 2.24) is 4.98 Å². The molecule has 1 heterocycles. The molecule has 0 saturated carbocycles. The van der Waals surface area contributed by atoms with E-state index in [-0.39, 0.29) is 15.7 Å². The van der Waals surface area contributed by atoms with E-state index >= 15 is 0 Å². The Balaban J connectivity index is 3.81. The fraction of sp³-hybridized carbons (Fsp3) is 0.143. The van der Waals surface area contributed by atoms with Crippen molar-refractivity contribution in [3.8, 4) is 0 Å². The molecular weight excluding hydrogens is 201 g/mol. The van der Waals surface area contributed by atoms with Crippen molar-refractivity contribution in [1.29, 1.82) is 0 Å². The van der Waals surface area contributed by atoms with Crippen LogP contribution < -0.4 is 11.0 Å². The third-order valence-electron chi connectivity index (χ3n) is 1.38. The molecule has 0 bridgehead atoms. The molecule has 1 rings (SSSR count). The van der Waals surface area contributed by atoms with Gasteiger partial charge in [-0.1, -0.05) is 23.2 Å². The van der Waals surface area contributed by atoms with Gasteiger partial charge < -0.3 is 4.98 Å². The molecule has 1 aromatic rings. The summed E-state index contributed by atoms with van der Waals surface area (Å²) < 4.78 is 0. The summed E-state index contributed by atoms with van der Waals surface area (Å²) in [7, 11) is 0. The predicted octanol–water partition coefficient (Wildman–Crippen LogP) is 1.35. The van der Waals surface area contributed by atoms with Gasteiger partial charge >= 0.3 is 0 Å². The Labute approximate surface area is 78.0 Å². The van der Waals surface area contributed by atoms with Gasteiger partial charge in [0.1, 0.15) is 5.15 Å². The highest BCUT2D eigenvalue weighted by molar-refractivity contribution is 6.31. The van der Waals surface area contributed by atoms with Crippen LogP contribution in [0, 0.1) is 6.92 Å². The molecule has 0 aliphatic rings. The van der Waals surface area contributed by atoms with Crippen LogP contribution in [-0.4, -0.2) is 4.98 Å². The molecule has 64 valence electrons. The lowest BCUT2D eigenvalue weighted by molar-refractivity contribution is 1.24. The van der Waals surface area contributed by atoms with E-state index in [9.17, 15) is 9.59 Å². The maximum absolute atomic E-state index is 11.2. The van der Waals surface area contributed by atoms with Crippen molar-refractivity contribution in [2.24, 2.45) is 0 Å². The molecule has 0 radical (unpaired) electrons. The quantitative estimate of drug-likeness (QED) is 0.696. The van der Waals surface area contributed by atoms with E-state index < -0.39 is 11.0 Å². The minimum absolute atomic E-state index is 0.0249. The molecule has 1 aromatic heterocycles. The zero-order valence-electron chi connectivity index (χ0n) is 6.15. The standard InChI is InChI=1S/C7H5Cl2NO2/c1-3-6(12)4(8)2-5(11)10-7(3)9/h2H,1H3,(H,10,11). The second-order valence-corrected chi connectivity index (χ2v) is 3.03. The summed E-state index contributed by atoms with van der Waals surface area (Å²) in [5.41, 5.74) is -0.681. The molecule has 3 nitrogen and oxygen atoms in total. The van der Waals surface area contributed by atoms with Crippen LogP contribution in [-0.2, 0) is 0 Å². The van der Waals surface area contributed by atoms with E-state index in [0.29, 0.717) is 0 Å². The van der Waals surface area contributed by atoms with Gasteiger partial charge in [0, 0.05) is 11.6 Å². The molecule has 0 spiro atoms. The van der Waals surface area contributed by atoms with E-state index in [1.165, 1.54) is 6.92 Å². The van der Waals surface area contributed by atoms with Gasteiger partial charge in [0.25, 0.3) is 5.56 Å². The molecule has 0 aliphatic carbocycles. The van der Waals surface area contributed by atoms with Crippen molar-refractivity contribution in [3.05, 3.63) is 42.4 Å². The van der Waals surface area contributed by atoms with Crippen LogP contribution in [0.2, 0.25) is 10.2 Å². The summed E-state index contributed by atoms with van der Waals surface area (Å²) in [6.45, 7) is 1.49. The maximum Gasteiger partial charge on any atom is 0.250 e. The fourth-order valence-corrected chi connectivity index (χ4v) is 1.12. The highest BCUT2D eigenvalue weighted by Gasteiger charge is 2.02. The van der Waals surface area contributed by atoms with Gasteiger partial charge in [-0.3, -0.25) is 9.59 Å². The SMILES string of the molecule is Cc1c(Cl)[nH]c(=O)cc(Cl)c1=O. The van der Waals surface area contributed by atoms with Gasteiger partial charge in [-0.25, -0.2) is 0 Å². The molecule has 0 atom stereocenters. The third kappa shape index (κ3) is 1.68. The lowest BCUT2D eigenvalue weighted by Gasteiger charge is -1.85. The van der Waals surface area contributed by atoms with E-state index in [0.717, 1.165) is 6.07 Å². The molecule has 0 unspecified atom stereocenters. The van der Waals surface area contributed by atoms with Crippen LogP contribution in [0.5, 0.6) is 0 Å². The van der Waals surface area contributed by atoms with Crippen molar-refractivity contribution in [2.45, 2.75) is 6.92 Å². The topological polar surface area (TPSA) is 49.9 Å². The van der Waals surface area contributed by atoms with Crippen molar-refractivity contribution >= 4 is 23.2 Å². The van der Waals surface area contributed by atoms with Crippen LogP contribution >= 0.6 is 23.2 Å². The highest BCUT2D eigenvalue weighted by Crippen LogP contribution is 2.05. The van der Waals surface area contributed by atoms with Gasteiger partial charge in [-0.2, -0.15) is 0 Å². The first-order valence-corrected chi connectivity index (χ1v) is 3.87. The Hall–Kier alpha value is -0.800. The van der Waals surface area contributed by atoms with Gasteiger partial charge in [-0.15, -0.1) is 0 Å². The Morgan fingerprint density at radius 2 is 1.92 bits per heavy atom. The summed E-state index contributed by atoms with van der Waals surface area (Å²) in [6, 6.07) is 1.00. The third-order valence-corrected chi connectivity index (χ3v) is 2.04. The number of aromatic nitrogens is 1. The molecular formula is C7H5Cl2NO2. The number of hydrogen-bond acceptors (Lipinski definition) is 2. The Bertz CT molecular complexity index is 425.